The van der Waals surface area contributed by atoms with Crippen LogP contribution < -0.4 is 4.74 Å². The average Bonchev–Trinajstić information content (AvgIpc) is 2.79. The van der Waals surface area contributed by atoms with E-state index in [9.17, 15) is 9.90 Å². The summed E-state index contributed by atoms with van der Waals surface area (Å²) in [6.07, 6.45) is 1.11. The highest BCUT2D eigenvalue weighted by Crippen LogP contribution is 2.60. The topological polar surface area (TPSA) is 46.5 Å². The van der Waals surface area contributed by atoms with Gasteiger partial charge in [-0.2, -0.15) is 0 Å². The van der Waals surface area contributed by atoms with Gasteiger partial charge in [0.2, 0.25) is 0 Å². The first-order valence-corrected chi connectivity index (χ1v) is 8.07. The number of Topliss-reactive ketones (excluding diaryl/α,β-unsaturated/α-hetero) is 1. The van der Waals surface area contributed by atoms with E-state index in [1.807, 2.05) is 6.92 Å². The summed E-state index contributed by atoms with van der Waals surface area (Å²) < 4.78 is 38.2. The second kappa shape index (κ2) is 4.74. The van der Waals surface area contributed by atoms with Crippen molar-refractivity contribution < 1.29 is 20.1 Å². The van der Waals surface area contributed by atoms with E-state index in [4.69, 9.17) is 10.2 Å². The Balaban J connectivity index is 1.83. The van der Waals surface area contributed by atoms with Crippen LogP contribution >= 0.6 is 0 Å². The summed E-state index contributed by atoms with van der Waals surface area (Å²) in [5.41, 5.74) is 0.850. The molecule has 0 spiro atoms. The van der Waals surface area contributed by atoms with Crippen LogP contribution in [-0.4, -0.2) is 18.0 Å². The van der Waals surface area contributed by atoms with Gasteiger partial charge < -0.3 is 9.84 Å². The van der Waals surface area contributed by atoms with Gasteiger partial charge in [-0.05, 0) is 73.1 Å². The number of phenols is 1. The molecule has 1 N–H and O–H groups in total. The quantitative estimate of drug-likeness (QED) is 0.858. The standard InChI is InChI=1S/C19H24O3/c1-19-8-7-12-13(15(19)5-6-18(19)21)4-3-11-9-16(20)17(22-2)10-14(11)12/h9-10,12-13,15,20H,3-8H2,1-2H3/t12-,13+,15-,19-/m0/s1/i6D2,9D,10D. The van der Waals surface area contributed by atoms with E-state index in [1.54, 1.807) is 0 Å². The van der Waals surface area contributed by atoms with Gasteiger partial charge in [-0.25, -0.2) is 0 Å². The van der Waals surface area contributed by atoms with Crippen molar-refractivity contribution in [1.82, 2.24) is 0 Å². The lowest BCUT2D eigenvalue weighted by Crippen LogP contribution is -2.42. The second-order valence-corrected chi connectivity index (χ2v) is 7.11. The van der Waals surface area contributed by atoms with E-state index in [1.165, 1.54) is 7.11 Å². The molecule has 22 heavy (non-hydrogen) atoms. The molecule has 0 radical (unpaired) electrons. The molecule has 3 nitrogen and oxygen atoms in total. The first-order chi connectivity index (χ1) is 12.1. The Labute approximate surface area is 137 Å². The number of hydrogen-bond donors (Lipinski definition) is 1. The Morgan fingerprint density at radius 1 is 1.41 bits per heavy atom. The van der Waals surface area contributed by atoms with Crippen molar-refractivity contribution >= 4 is 5.78 Å². The van der Waals surface area contributed by atoms with Crippen LogP contribution in [0.3, 0.4) is 0 Å². The van der Waals surface area contributed by atoms with Gasteiger partial charge in [0.05, 0.1) is 9.85 Å². The van der Waals surface area contributed by atoms with Gasteiger partial charge in [-0.3, -0.25) is 4.79 Å². The minimum Gasteiger partial charge on any atom is -0.504 e. The van der Waals surface area contributed by atoms with Crippen molar-refractivity contribution in [2.24, 2.45) is 17.3 Å². The number of benzene rings is 1. The van der Waals surface area contributed by atoms with E-state index < -0.39 is 11.8 Å². The lowest BCUT2D eigenvalue weighted by Gasteiger charge is -2.48. The molecule has 4 atom stereocenters. The molecule has 3 heteroatoms. The van der Waals surface area contributed by atoms with Gasteiger partial charge in [-0.1, -0.05) is 6.92 Å². The highest BCUT2D eigenvalue weighted by Gasteiger charge is 2.54. The molecular formula is C19H24O3. The van der Waals surface area contributed by atoms with Crippen LogP contribution in [0, 0.1) is 17.3 Å². The largest absolute Gasteiger partial charge is 0.504 e. The number of rotatable bonds is 1. The first kappa shape index (κ1) is 10.3. The molecule has 1 aromatic rings. The van der Waals surface area contributed by atoms with Crippen molar-refractivity contribution in [3.05, 3.63) is 23.2 Å². The Kier molecular flexibility index (Phi) is 2.22. The second-order valence-electron chi connectivity index (χ2n) is 7.11. The fraction of sp³-hybridized carbons (Fsp3) is 0.632. The molecular weight excluding hydrogens is 276 g/mol. The van der Waals surface area contributed by atoms with Gasteiger partial charge in [0.25, 0.3) is 0 Å². The van der Waals surface area contributed by atoms with Crippen molar-refractivity contribution in [2.45, 2.75) is 51.3 Å². The highest BCUT2D eigenvalue weighted by atomic mass is 16.5. The molecule has 0 amide bonds. The third kappa shape index (κ3) is 1.77. The Morgan fingerprint density at radius 3 is 3.00 bits per heavy atom. The molecule has 4 rings (SSSR count). The van der Waals surface area contributed by atoms with Crippen molar-refractivity contribution in [1.29, 1.82) is 0 Å². The Morgan fingerprint density at radius 2 is 2.23 bits per heavy atom. The zero-order valence-corrected chi connectivity index (χ0v) is 13.0. The lowest BCUT2D eigenvalue weighted by molar-refractivity contribution is -0.129. The molecule has 0 saturated heterocycles. The number of phenolic OH excluding ortho intramolecular Hbond substituents is 1. The van der Waals surface area contributed by atoms with Crippen LogP contribution in [0.4, 0.5) is 0 Å². The fourth-order valence-corrected chi connectivity index (χ4v) is 4.93. The summed E-state index contributed by atoms with van der Waals surface area (Å²) in [6, 6.07) is 0.180. The SMILES string of the molecule is [2H]c1c(O)c(OC)c([2H])c2c1CC[C@@H]1[C@@H]2CC[C@]2(C)C(=O)C([2H])([2H])C[C@@H]12. The van der Waals surface area contributed by atoms with Crippen molar-refractivity contribution in [2.75, 3.05) is 7.11 Å². The number of ketones is 1. The van der Waals surface area contributed by atoms with E-state index >= 15 is 0 Å². The smallest absolute Gasteiger partial charge is 0.160 e. The van der Waals surface area contributed by atoms with Crippen LogP contribution in [0.5, 0.6) is 11.5 Å². The normalized spacial score (nSPS) is 41.4. The molecule has 0 bridgehead atoms. The van der Waals surface area contributed by atoms with Gasteiger partial charge in [0.1, 0.15) is 5.78 Å². The van der Waals surface area contributed by atoms with Gasteiger partial charge in [0.15, 0.2) is 11.5 Å². The van der Waals surface area contributed by atoms with Crippen LogP contribution in [-0.2, 0) is 11.2 Å². The summed E-state index contributed by atoms with van der Waals surface area (Å²) in [4.78, 5) is 12.7. The average molecular weight is 304 g/mol. The highest BCUT2D eigenvalue weighted by molar-refractivity contribution is 5.87. The van der Waals surface area contributed by atoms with E-state index in [0.717, 1.165) is 12.0 Å². The molecule has 2 fully saturated rings. The van der Waals surface area contributed by atoms with Crippen molar-refractivity contribution in [3.8, 4) is 11.5 Å². The van der Waals surface area contributed by atoms with E-state index in [2.05, 4.69) is 0 Å². The van der Waals surface area contributed by atoms with Gasteiger partial charge in [-0.15, -0.1) is 0 Å². The Hall–Kier alpha value is -1.51. The number of fused-ring (bicyclic) bond motifs is 5. The molecule has 0 aromatic heterocycles. The summed E-state index contributed by atoms with van der Waals surface area (Å²) >= 11 is 0. The molecule has 1 aromatic carbocycles. The maximum atomic E-state index is 12.7. The summed E-state index contributed by atoms with van der Waals surface area (Å²) in [5, 5.41) is 10.2. The maximum absolute atomic E-state index is 12.7. The minimum absolute atomic E-state index is 0.0182. The maximum Gasteiger partial charge on any atom is 0.160 e. The summed E-state index contributed by atoms with van der Waals surface area (Å²) in [7, 11) is 1.39. The zero-order chi connectivity index (χ0) is 19.0. The number of carbonyl (C=O) groups excluding carboxylic acids is 1. The number of hydrogen-bond acceptors (Lipinski definition) is 3. The van der Waals surface area contributed by atoms with Crippen LogP contribution in [0.2, 0.25) is 0 Å². The zero-order valence-electron chi connectivity index (χ0n) is 17.0. The number of carbonyl (C=O) groups is 1. The van der Waals surface area contributed by atoms with Gasteiger partial charge >= 0.3 is 0 Å². The number of methoxy groups -OCH3 is 1. The van der Waals surface area contributed by atoms with Crippen LogP contribution in [0.15, 0.2) is 12.1 Å². The van der Waals surface area contributed by atoms with E-state index in [0.29, 0.717) is 24.8 Å². The third-order valence-corrected chi connectivity index (χ3v) is 6.19. The molecule has 3 aliphatic carbocycles. The van der Waals surface area contributed by atoms with Gasteiger partial charge in [0, 0.05) is 14.5 Å². The predicted octanol–water partition coefficient (Wildman–Crippen LogP) is 3.83. The lowest BCUT2D eigenvalue weighted by atomic mass is 9.55. The molecule has 2 saturated carbocycles. The number of ether oxygens (including phenoxy) is 1. The molecule has 0 heterocycles. The summed E-state index contributed by atoms with van der Waals surface area (Å²) in [6.45, 7) is 1.91. The number of aromatic hydroxyl groups is 1. The third-order valence-electron chi connectivity index (χ3n) is 6.19. The predicted molar refractivity (Wildman–Crippen MR) is 84.3 cm³/mol. The minimum atomic E-state index is -1.77. The van der Waals surface area contributed by atoms with Crippen molar-refractivity contribution in [3.63, 3.8) is 0 Å². The fourth-order valence-electron chi connectivity index (χ4n) is 4.93. The van der Waals surface area contributed by atoms with E-state index in [-0.39, 0.29) is 53.5 Å². The monoisotopic (exact) mass is 304 g/mol. The Bertz CT molecular complexity index is 807. The molecule has 118 valence electrons. The first-order valence-electron chi connectivity index (χ1n) is 10.1. The van der Waals surface area contributed by atoms with Crippen LogP contribution in [0.1, 0.15) is 61.5 Å². The summed E-state index contributed by atoms with van der Waals surface area (Å²) in [5.74, 6) is -0.395. The molecule has 0 aliphatic heterocycles. The van der Waals surface area contributed by atoms with Crippen LogP contribution in [0.25, 0.3) is 0 Å². The molecule has 0 unspecified atom stereocenters. The molecule has 3 aliphatic rings.